The maximum absolute atomic E-state index is 14.9. The lowest BCUT2D eigenvalue weighted by atomic mass is 9.85. The second-order valence-corrected chi connectivity index (χ2v) is 11.0. The van der Waals surface area contributed by atoms with Crippen LogP contribution >= 0.6 is 0 Å². The molecule has 3 heterocycles. The van der Waals surface area contributed by atoms with Gasteiger partial charge in [0.1, 0.15) is 17.4 Å². The number of hydrogen-bond acceptors (Lipinski definition) is 4. The zero-order valence-corrected chi connectivity index (χ0v) is 21.1. The van der Waals surface area contributed by atoms with Crippen LogP contribution in [0.2, 0.25) is 0 Å². The van der Waals surface area contributed by atoms with Crippen LogP contribution < -0.4 is 5.32 Å². The average molecular weight is 493 g/mol. The summed E-state index contributed by atoms with van der Waals surface area (Å²) in [5.41, 5.74) is 2.18. The van der Waals surface area contributed by atoms with Crippen LogP contribution in [0.5, 0.6) is 0 Å². The Morgan fingerprint density at radius 2 is 1.75 bits per heavy atom. The number of amides is 2. The molecule has 0 saturated carbocycles. The molecule has 1 saturated heterocycles. The summed E-state index contributed by atoms with van der Waals surface area (Å²) < 4.78 is 22.0. The fraction of sp³-hybridized carbons (Fsp3) is 0.464. The molecule has 5 rings (SSSR count). The number of rotatable bonds is 5. The summed E-state index contributed by atoms with van der Waals surface area (Å²) in [6.45, 7) is 8.70. The fourth-order valence-corrected chi connectivity index (χ4v) is 5.19. The monoisotopic (exact) mass is 492 g/mol. The molecule has 0 aliphatic carbocycles. The van der Waals surface area contributed by atoms with E-state index in [0.29, 0.717) is 49.7 Å². The first-order chi connectivity index (χ1) is 17.2. The Bertz CT molecular complexity index is 1260. The first-order valence-electron chi connectivity index (χ1n) is 12.6. The third kappa shape index (κ3) is 4.74. The highest BCUT2D eigenvalue weighted by Crippen LogP contribution is 2.29. The van der Waals surface area contributed by atoms with E-state index in [-0.39, 0.29) is 11.6 Å². The lowest BCUT2D eigenvalue weighted by Gasteiger charge is -2.33. The molecule has 2 amide bonds. The van der Waals surface area contributed by atoms with Crippen molar-refractivity contribution in [2.24, 2.45) is 11.3 Å². The first kappa shape index (κ1) is 24.4. The Morgan fingerprint density at radius 3 is 2.39 bits per heavy atom. The predicted octanol–water partition coefficient (Wildman–Crippen LogP) is 4.29. The van der Waals surface area contributed by atoms with Crippen LogP contribution in [0.4, 0.5) is 4.39 Å². The molecular weight excluding hydrogens is 459 g/mol. The second kappa shape index (κ2) is 9.65. The molecule has 1 N–H and O–H groups in total. The van der Waals surface area contributed by atoms with Gasteiger partial charge < -0.3 is 15.0 Å². The number of carbonyl (C=O) groups excluding carboxylic acids is 2. The Kier molecular flexibility index (Phi) is 6.55. The highest BCUT2D eigenvalue weighted by atomic mass is 19.1. The molecule has 190 valence electrons. The average Bonchev–Trinajstić information content (AvgIpc) is 3.45. The molecular formula is C28H33FN4O3. The Balaban J connectivity index is 1.41. The van der Waals surface area contributed by atoms with E-state index in [1.54, 1.807) is 21.7 Å². The van der Waals surface area contributed by atoms with Gasteiger partial charge in [-0.05, 0) is 41.4 Å². The number of aromatic nitrogens is 2. The molecule has 8 heteroatoms. The smallest absolute Gasteiger partial charge is 0.273 e. The summed E-state index contributed by atoms with van der Waals surface area (Å²) in [7, 11) is 0. The van der Waals surface area contributed by atoms with Gasteiger partial charge in [-0.3, -0.25) is 14.3 Å². The maximum atomic E-state index is 14.9. The van der Waals surface area contributed by atoms with Gasteiger partial charge in [-0.15, -0.1) is 0 Å². The van der Waals surface area contributed by atoms with Crippen molar-refractivity contribution < 1.29 is 18.7 Å². The third-order valence-corrected chi connectivity index (χ3v) is 7.25. The van der Waals surface area contributed by atoms with Crippen LogP contribution in [0.1, 0.15) is 55.2 Å². The van der Waals surface area contributed by atoms with Crippen LogP contribution in [-0.4, -0.2) is 45.8 Å². The van der Waals surface area contributed by atoms with Crippen LogP contribution in [-0.2, 0) is 29.2 Å². The zero-order chi connectivity index (χ0) is 25.4. The van der Waals surface area contributed by atoms with Crippen molar-refractivity contribution in [3.63, 3.8) is 0 Å². The number of halogens is 1. The number of nitrogens with one attached hydrogen (secondary N) is 1. The summed E-state index contributed by atoms with van der Waals surface area (Å²) in [5, 5.41) is 7.98. The summed E-state index contributed by atoms with van der Waals surface area (Å²) in [6, 6.07) is 11.9. The Morgan fingerprint density at radius 1 is 1.08 bits per heavy atom. The molecule has 36 heavy (non-hydrogen) atoms. The number of nitrogens with zero attached hydrogens (tertiary/aromatic N) is 3. The number of para-hydroxylation sites is 1. The summed E-state index contributed by atoms with van der Waals surface area (Å²) >= 11 is 0. The molecule has 0 radical (unpaired) electrons. The molecule has 2 aliphatic heterocycles. The van der Waals surface area contributed by atoms with E-state index in [4.69, 9.17) is 4.74 Å². The molecule has 3 aromatic rings. The molecule has 1 unspecified atom stereocenters. The predicted molar refractivity (Wildman–Crippen MR) is 135 cm³/mol. The normalized spacial score (nSPS) is 17.3. The molecule has 1 fully saturated rings. The topological polar surface area (TPSA) is 76.5 Å². The van der Waals surface area contributed by atoms with Crippen molar-refractivity contribution in [2.45, 2.75) is 59.3 Å². The van der Waals surface area contributed by atoms with Gasteiger partial charge in [-0.2, -0.15) is 5.10 Å². The number of benzene rings is 2. The molecule has 2 aliphatic rings. The van der Waals surface area contributed by atoms with Crippen molar-refractivity contribution in [3.05, 3.63) is 65.1 Å². The molecule has 2 aromatic carbocycles. The molecule has 7 nitrogen and oxygen atoms in total. The number of hydrogen-bond donors (Lipinski definition) is 1. The van der Waals surface area contributed by atoms with E-state index in [2.05, 4.69) is 10.4 Å². The molecule has 0 bridgehead atoms. The van der Waals surface area contributed by atoms with E-state index < -0.39 is 23.2 Å². The SMILES string of the molecule is CC(C)(C)C(NC(=O)c1nn(CC2CCOCC2)c2c(F)cccc12)C(=O)N1Cc2ccccc2C1. The lowest BCUT2D eigenvalue weighted by molar-refractivity contribution is -0.136. The van der Waals surface area contributed by atoms with E-state index in [1.165, 1.54) is 6.07 Å². The van der Waals surface area contributed by atoms with Gasteiger partial charge in [0.05, 0.1) is 0 Å². The summed E-state index contributed by atoms with van der Waals surface area (Å²) in [4.78, 5) is 29.0. The standard InChI is InChI=1S/C28H33FN4O3/c1-28(2,3)25(27(35)32-16-19-7-4-5-8-20(19)17-32)30-26(34)23-21-9-6-10-22(29)24(21)33(31-23)15-18-11-13-36-14-12-18/h4-10,18,25H,11-17H2,1-3H3,(H,30,34). The molecule has 1 aromatic heterocycles. The molecule has 0 spiro atoms. The third-order valence-electron chi connectivity index (χ3n) is 7.25. The largest absolute Gasteiger partial charge is 0.381 e. The van der Waals surface area contributed by atoms with Gasteiger partial charge in [0.25, 0.3) is 5.91 Å². The van der Waals surface area contributed by atoms with E-state index in [1.807, 2.05) is 45.0 Å². The Labute approximate surface area is 210 Å². The number of ether oxygens (including phenoxy) is 1. The van der Waals surface area contributed by atoms with Gasteiger partial charge in [0, 0.05) is 38.2 Å². The van der Waals surface area contributed by atoms with Gasteiger partial charge in [-0.1, -0.05) is 57.2 Å². The zero-order valence-electron chi connectivity index (χ0n) is 21.1. The quantitative estimate of drug-likeness (QED) is 0.577. The minimum Gasteiger partial charge on any atom is -0.381 e. The van der Waals surface area contributed by atoms with Gasteiger partial charge >= 0.3 is 0 Å². The fourth-order valence-electron chi connectivity index (χ4n) is 5.19. The summed E-state index contributed by atoms with van der Waals surface area (Å²) in [5.74, 6) is -0.715. The highest BCUT2D eigenvalue weighted by Gasteiger charge is 2.38. The minimum atomic E-state index is -0.761. The molecule has 1 atom stereocenters. The van der Waals surface area contributed by atoms with Crippen LogP contribution in [0.15, 0.2) is 42.5 Å². The van der Waals surface area contributed by atoms with Crippen molar-refractivity contribution in [1.29, 1.82) is 0 Å². The van der Waals surface area contributed by atoms with Crippen molar-refractivity contribution >= 4 is 22.7 Å². The maximum Gasteiger partial charge on any atom is 0.273 e. The van der Waals surface area contributed by atoms with Gasteiger partial charge in [-0.25, -0.2) is 4.39 Å². The van der Waals surface area contributed by atoms with Gasteiger partial charge in [0.15, 0.2) is 5.69 Å². The van der Waals surface area contributed by atoms with E-state index in [0.717, 1.165) is 24.0 Å². The second-order valence-electron chi connectivity index (χ2n) is 11.0. The number of fused-ring (bicyclic) bond motifs is 2. The van der Waals surface area contributed by atoms with Gasteiger partial charge in [0.2, 0.25) is 5.91 Å². The van der Waals surface area contributed by atoms with Crippen LogP contribution in [0.3, 0.4) is 0 Å². The van der Waals surface area contributed by atoms with Crippen molar-refractivity contribution in [3.8, 4) is 0 Å². The minimum absolute atomic E-state index is 0.135. The Hall–Kier alpha value is -3.26. The van der Waals surface area contributed by atoms with E-state index in [9.17, 15) is 14.0 Å². The lowest BCUT2D eigenvalue weighted by Crippen LogP contribution is -2.53. The first-order valence-corrected chi connectivity index (χ1v) is 12.6. The van der Waals surface area contributed by atoms with Crippen LogP contribution in [0.25, 0.3) is 10.9 Å². The van der Waals surface area contributed by atoms with Crippen LogP contribution in [0, 0.1) is 17.2 Å². The van der Waals surface area contributed by atoms with E-state index >= 15 is 0 Å². The van der Waals surface area contributed by atoms with Crippen molar-refractivity contribution in [2.75, 3.05) is 13.2 Å². The highest BCUT2D eigenvalue weighted by molar-refractivity contribution is 6.06. The summed E-state index contributed by atoms with van der Waals surface area (Å²) in [6.07, 6.45) is 1.74. The number of carbonyl (C=O) groups is 2. The van der Waals surface area contributed by atoms with Crippen molar-refractivity contribution in [1.82, 2.24) is 20.0 Å².